The second-order valence-electron chi connectivity index (χ2n) is 6.90. The van der Waals surface area contributed by atoms with Crippen LogP contribution in [0.4, 0.5) is 23.2 Å². The fraction of sp³-hybridized carbons (Fsp3) is 0.381. The van der Waals surface area contributed by atoms with E-state index in [0.29, 0.717) is 32.1 Å². The highest BCUT2D eigenvalue weighted by Crippen LogP contribution is 2.38. The maximum Gasteiger partial charge on any atom is 0.199 e. The van der Waals surface area contributed by atoms with Gasteiger partial charge < -0.3 is 23.5 Å². The summed E-state index contributed by atoms with van der Waals surface area (Å²) in [6.07, 6.45) is 3.11. The molecule has 0 saturated carbocycles. The first-order chi connectivity index (χ1) is 15.1. The van der Waals surface area contributed by atoms with Gasteiger partial charge in [0, 0.05) is 25.5 Å². The first kappa shape index (κ1) is 21.5. The molecule has 166 valence electrons. The number of hydrogen-bond acceptors (Lipinski definition) is 5. The molecule has 0 aliphatic carbocycles. The van der Waals surface area contributed by atoms with E-state index in [1.165, 1.54) is 11.1 Å². The largest absolute Gasteiger partial charge is 0.377 e. The lowest BCUT2D eigenvalue weighted by Gasteiger charge is -2.28. The van der Waals surface area contributed by atoms with E-state index in [1.54, 1.807) is 28.8 Å². The molecule has 0 radical (unpaired) electrons. The van der Waals surface area contributed by atoms with Crippen LogP contribution in [0.1, 0.15) is 0 Å². The second-order valence-corrected chi connectivity index (χ2v) is 6.90. The molecule has 0 amide bonds. The van der Waals surface area contributed by atoms with Gasteiger partial charge in [0.15, 0.2) is 23.3 Å². The van der Waals surface area contributed by atoms with Crippen LogP contribution in [-0.2, 0) is 14.2 Å². The third-order valence-electron chi connectivity index (χ3n) is 4.93. The molecule has 10 heteroatoms. The number of pyridine rings is 1. The number of hydrogen-bond donors (Lipinski definition) is 0. The minimum absolute atomic E-state index is 0.0159. The lowest BCUT2D eigenvalue weighted by atomic mass is 10.1. The predicted molar refractivity (Wildman–Crippen MR) is 105 cm³/mol. The number of anilines is 1. The van der Waals surface area contributed by atoms with Crippen molar-refractivity contribution in [3.05, 3.63) is 53.9 Å². The van der Waals surface area contributed by atoms with E-state index in [0.717, 1.165) is 0 Å². The van der Waals surface area contributed by atoms with Gasteiger partial charge in [0.05, 0.1) is 56.6 Å². The number of aromatic nitrogens is 2. The van der Waals surface area contributed by atoms with Crippen LogP contribution in [0.3, 0.4) is 0 Å². The predicted octanol–water partition coefficient (Wildman–Crippen LogP) is 3.43. The number of fused-ring (bicyclic) bond motifs is 1. The maximum atomic E-state index is 15.0. The Kier molecular flexibility index (Phi) is 6.69. The van der Waals surface area contributed by atoms with Crippen LogP contribution in [0.15, 0.2) is 30.6 Å². The Morgan fingerprint density at radius 3 is 2.00 bits per heavy atom. The number of imidazole rings is 1. The molecule has 3 aromatic rings. The molecule has 0 bridgehead atoms. The van der Waals surface area contributed by atoms with Crippen LogP contribution < -0.4 is 4.90 Å². The molecule has 0 spiro atoms. The summed E-state index contributed by atoms with van der Waals surface area (Å²) in [6, 6.07) is 5.12. The van der Waals surface area contributed by atoms with Crippen molar-refractivity contribution in [1.29, 1.82) is 0 Å². The number of benzene rings is 1. The quantitative estimate of drug-likeness (QED) is 0.348. The second kappa shape index (κ2) is 9.63. The highest BCUT2D eigenvalue weighted by Gasteiger charge is 2.30. The molecule has 1 fully saturated rings. The van der Waals surface area contributed by atoms with E-state index >= 15 is 4.39 Å². The molecule has 1 saturated heterocycles. The molecular weight excluding hydrogens is 418 g/mol. The maximum absolute atomic E-state index is 15.0. The summed E-state index contributed by atoms with van der Waals surface area (Å²) in [5.41, 5.74) is -0.429. The average molecular weight is 439 g/mol. The van der Waals surface area contributed by atoms with Crippen LogP contribution >= 0.6 is 0 Å². The van der Waals surface area contributed by atoms with Crippen LogP contribution in [0.2, 0.25) is 0 Å². The lowest BCUT2D eigenvalue weighted by molar-refractivity contribution is 0.0125. The Morgan fingerprint density at radius 2 is 1.35 bits per heavy atom. The zero-order valence-electron chi connectivity index (χ0n) is 16.6. The van der Waals surface area contributed by atoms with Gasteiger partial charge in [-0.2, -0.15) is 0 Å². The molecule has 6 nitrogen and oxygen atoms in total. The smallest absolute Gasteiger partial charge is 0.199 e. The SMILES string of the molecule is Fc1c(F)c(F)c(N2CCOCCOCCOCC2)c(-c2cn3ccccc3n2)c1F. The summed E-state index contributed by atoms with van der Waals surface area (Å²) in [5, 5.41) is 0. The van der Waals surface area contributed by atoms with Gasteiger partial charge in [-0.3, -0.25) is 0 Å². The normalized spacial score (nSPS) is 16.8. The van der Waals surface area contributed by atoms with E-state index in [9.17, 15) is 13.2 Å². The van der Waals surface area contributed by atoms with Crippen molar-refractivity contribution in [2.24, 2.45) is 0 Å². The van der Waals surface area contributed by atoms with Gasteiger partial charge in [-0.25, -0.2) is 22.5 Å². The van der Waals surface area contributed by atoms with Gasteiger partial charge in [-0.1, -0.05) is 6.07 Å². The molecular formula is C21H21F4N3O3. The zero-order chi connectivity index (χ0) is 21.8. The van der Waals surface area contributed by atoms with Crippen molar-refractivity contribution < 1.29 is 31.8 Å². The van der Waals surface area contributed by atoms with Gasteiger partial charge >= 0.3 is 0 Å². The fourth-order valence-electron chi connectivity index (χ4n) is 3.43. The van der Waals surface area contributed by atoms with E-state index in [-0.39, 0.29) is 32.0 Å². The third-order valence-corrected chi connectivity index (χ3v) is 4.93. The van der Waals surface area contributed by atoms with Crippen molar-refractivity contribution in [3.8, 4) is 11.3 Å². The number of rotatable bonds is 2. The van der Waals surface area contributed by atoms with Crippen LogP contribution in [-0.4, -0.2) is 62.1 Å². The van der Waals surface area contributed by atoms with Crippen LogP contribution in [0, 0.1) is 23.3 Å². The summed E-state index contributed by atoms with van der Waals surface area (Å²) in [6.45, 7) is 1.84. The van der Waals surface area contributed by atoms with E-state index in [1.807, 2.05) is 0 Å². The highest BCUT2D eigenvalue weighted by atomic mass is 19.2. The minimum Gasteiger partial charge on any atom is -0.377 e. The van der Waals surface area contributed by atoms with Gasteiger partial charge in [0.25, 0.3) is 0 Å². The lowest BCUT2D eigenvalue weighted by Crippen LogP contribution is -2.34. The molecule has 2 aromatic heterocycles. The van der Waals surface area contributed by atoms with Gasteiger partial charge in [-0.15, -0.1) is 0 Å². The summed E-state index contributed by atoms with van der Waals surface area (Å²) in [5.74, 6) is -6.74. The topological polar surface area (TPSA) is 48.2 Å². The fourth-order valence-corrected chi connectivity index (χ4v) is 3.43. The van der Waals surface area contributed by atoms with Crippen molar-refractivity contribution in [1.82, 2.24) is 9.38 Å². The van der Waals surface area contributed by atoms with Gasteiger partial charge in [0.2, 0.25) is 0 Å². The summed E-state index contributed by atoms with van der Waals surface area (Å²) >= 11 is 0. The zero-order valence-corrected chi connectivity index (χ0v) is 16.6. The molecule has 31 heavy (non-hydrogen) atoms. The Bertz CT molecular complexity index is 1020. The van der Waals surface area contributed by atoms with Crippen molar-refractivity contribution in [2.75, 3.05) is 57.6 Å². The highest BCUT2D eigenvalue weighted by molar-refractivity contribution is 5.79. The molecule has 3 heterocycles. The monoisotopic (exact) mass is 439 g/mol. The molecule has 0 N–H and O–H groups in total. The Labute approximate surface area is 176 Å². The molecule has 4 rings (SSSR count). The number of halogens is 4. The standard InChI is InChI=1S/C21H21F4N3O3/c22-17-16(14-13-28-4-2-1-3-15(28)26-14)21(20(25)19(24)18(17)23)27-5-7-29-9-11-31-12-10-30-8-6-27/h1-4,13H,5-12H2. The van der Waals surface area contributed by atoms with Crippen molar-refractivity contribution in [2.45, 2.75) is 0 Å². The van der Waals surface area contributed by atoms with E-state index in [4.69, 9.17) is 14.2 Å². The van der Waals surface area contributed by atoms with Crippen molar-refractivity contribution in [3.63, 3.8) is 0 Å². The van der Waals surface area contributed by atoms with Crippen LogP contribution in [0.25, 0.3) is 16.9 Å². The Morgan fingerprint density at radius 1 is 0.742 bits per heavy atom. The molecule has 1 aromatic carbocycles. The van der Waals surface area contributed by atoms with Gasteiger partial charge in [0.1, 0.15) is 5.65 Å². The van der Waals surface area contributed by atoms with E-state index < -0.39 is 34.5 Å². The first-order valence-corrected chi connectivity index (χ1v) is 9.86. The molecule has 1 aliphatic rings. The third kappa shape index (κ3) is 4.51. The summed E-state index contributed by atoms with van der Waals surface area (Å²) < 4.78 is 76.3. The molecule has 0 atom stereocenters. The molecule has 1 aliphatic heterocycles. The van der Waals surface area contributed by atoms with Gasteiger partial charge in [-0.05, 0) is 12.1 Å². The molecule has 0 unspecified atom stereocenters. The van der Waals surface area contributed by atoms with Crippen LogP contribution in [0.5, 0.6) is 0 Å². The number of ether oxygens (including phenoxy) is 3. The van der Waals surface area contributed by atoms with Crippen molar-refractivity contribution >= 4 is 11.3 Å². The first-order valence-electron chi connectivity index (χ1n) is 9.86. The summed E-state index contributed by atoms with van der Waals surface area (Å²) in [7, 11) is 0. The Hall–Kier alpha value is -2.69. The van der Waals surface area contributed by atoms with E-state index in [2.05, 4.69) is 4.98 Å². The Balaban J connectivity index is 1.80. The average Bonchev–Trinajstić information content (AvgIpc) is 3.19. The number of nitrogens with zero attached hydrogens (tertiary/aromatic N) is 3. The summed E-state index contributed by atoms with van der Waals surface area (Å²) in [4.78, 5) is 5.67. The minimum atomic E-state index is -1.88.